The Labute approximate surface area is 111 Å². The zero-order chi connectivity index (χ0) is 13.0. The van der Waals surface area contributed by atoms with Gasteiger partial charge in [0.05, 0.1) is 12.7 Å². The number of hydrazine groups is 1. The first-order valence-corrected chi connectivity index (χ1v) is 6.17. The van der Waals surface area contributed by atoms with Crippen LogP contribution in [-0.2, 0) is 0 Å². The molecule has 1 aliphatic carbocycles. The number of amides is 1. The van der Waals surface area contributed by atoms with Crippen LogP contribution in [0, 0.1) is 0 Å². The average molecular weight is 267 g/mol. The van der Waals surface area contributed by atoms with E-state index < -0.39 is 0 Å². The highest BCUT2D eigenvalue weighted by Gasteiger charge is 2.13. The molecule has 0 atom stereocenters. The summed E-state index contributed by atoms with van der Waals surface area (Å²) in [4.78, 5) is 12.0. The Balaban J connectivity index is 2.05. The zero-order valence-corrected chi connectivity index (χ0v) is 10.9. The average Bonchev–Trinajstić information content (AvgIpc) is 2.89. The van der Waals surface area contributed by atoms with Crippen LogP contribution in [0.1, 0.15) is 29.6 Å². The molecule has 18 heavy (non-hydrogen) atoms. The van der Waals surface area contributed by atoms with Crippen LogP contribution in [-0.4, -0.2) is 13.0 Å². The van der Waals surface area contributed by atoms with E-state index in [0.29, 0.717) is 16.3 Å². The van der Waals surface area contributed by atoms with Crippen LogP contribution in [0.4, 0.5) is 0 Å². The van der Waals surface area contributed by atoms with Crippen LogP contribution in [0.15, 0.2) is 30.0 Å². The van der Waals surface area contributed by atoms with E-state index in [9.17, 15) is 4.79 Å². The molecule has 1 aromatic rings. The lowest BCUT2D eigenvalue weighted by atomic mass is 10.2. The van der Waals surface area contributed by atoms with Crippen LogP contribution in [0.25, 0.3) is 0 Å². The molecule has 1 aliphatic rings. The van der Waals surface area contributed by atoms with Crippen molar-refractivity contribution in [2.75, 3.05) is 7.11 Å². The van der Waals surface area contributed by atoms with Crippen molar-refractivity contribution in [3.63, 3.8) is 0 Å². The molecule has 0 unspecified atom stereocenters. The largest absolute Gasteiger partial charge is 0.496 e. The van der Waals surface area contributed by atoms with Gasteiger partial charge in [-0.25, -0.2) is 0 Å². The van der Waals surface area contributed by atoms with Gasteiger partial charge in [0.1, 0.15) is 5.75 Å². The van der Waals surface area contributed by atoms with Gasteiger partial charge in [0.25, 0.3) is 5.91 Å². The Hall–Kier alpha value is -1.68. The maximum Gasteiger partial charge on any atom is 0.273 e. The Kier molecular flexibility index (Phi) is 4.10. The highest BCUT2D eigenvalue weighted by Crippen LogP contribution is 2.22. The highest BCUT2D eigenvalue weighted by molar-refractivity contribution is 6.31. The van der Waals surface area contributed by atoms with E-state index in [0.717, 1.165) is 25.0 Å². The van der Waals surface area contributed by atoms with Crippen molar-refractivity contribution < 1.29 is 9.53 Å². The molecule has 0 aliphatic heterocycles. The third-order valence-electron chi connectivity index (χ3n) is 2.78. The number of nitrogens with one attached hydrogen (secondary N) is 2. The first-order chi connectivity index (χ1) is 8.70. The number of benzene rings is 1. The topological polar surface area (TPSA) is 50.4 Å². The van der Waals surface area contributed by atoms with Crippen LogP contribution < -0.4 is 15.6 Å². The molecule has 0 saturated heterocycles. The SMILES string of the molecule is COc1ccc(Cl)cc1C(=O)NNC1=CCCC1. The number of carbonyl (C=O) groups excluding carboxylic acids is 1. The predicted octanol–water partition coefficient (Wildman–Crippen LogP) is 2.65. The van der Waals surface area contributed by atoms with Gasteiger partial charge in [0.15, 0.2) is 0 Å². The molecule has 1 amide bonds. The maximum atomic E-state index is 12.0. The summed E-state index contributed by atoms with van der Waals surface area (Å²) in [6.07, 6.45) is 5.22. The monoisotopic (exact) mass is 266 g/mol. The second kappa shape index (κ2) is 5.78. The molecule has 0 aromatic heterocycles. The molecule has 0 fully saturated rings. The van der Waals surface area contributed by atoms with Crippen molar-refractivity contribution in [1.82, 2.24) is 10.9 Å². The summed E-state index contributed by atoms with van der Waals surface area (Å²) in [6, 6.07) is 4.94. The Morgan fingerprint density at radius 3 is 2.94 bits per heavy atom. The van der Waals surface area contributed by atoms with Gasteiger partial charge >= 0.3 is 0 Å². The third kappa shape index (κ3) is 2.96. The predicted molar refractivity (Wildman–Crippen MR) is 70.5 cm³/mol. The number of rotatable bonds is 4. The van der Waals surface area contributed by atoms with Crippen molar-refractivity contribution in [3.8, 4) is 5.75 Å². The minimum absolute atomic E-state index is 0.262. The summed E-state index contributed by atoms with van der Waals surface area (Å²) < 4.78 is 5.13. The molecule has 96 valence electrons. The van der Waals surface area contributed by atoms with Gasteiger partial charge in [-0.1, -0.05) is 17.7 Å². The lowest BCUT2D eigenvalue weighted by Gasteiger charge is -2.11. The van der Waals surface area contributed by atoms with Crippen molar-refractivity contribution in [2.24, 2.45) is 0 Å². The van der Waals surface area contributed by atoms with Gasteiger partial charge in [-0.15, -0.1) is 0 Å². The van der Waals surface area contributed by atoms with Crippen molar-refractivity contribution in [3.05, 3.63) is 40.6 Å². The number of ether oxygens (including phenoxy) is 1. The number of carbonyl (C=O) groups is 1. The van der Waals surface area contributed by atoms with Gasteiger partial charge in [0.2, 0.25) is 0 Å². The van der Waals surface area contributed by atoms with E-state index in [2.05, 4.69) is 16.9 Å². The molecule has 1 aromatic carbocycles. The summed E-state index contributed by atoms with van der Waals surface area (Å²) in [6.45, 7) is 0. The summed E-state index contributed by atoms with van der Waals surface area (Å²) in [5.41, 5.74) is 7.02. The number of hydrogen-bond acceptors (Lipinski definition) is 3. The summed E-state index contributed by atoms with van der Waals surface area (Å²) in [7, 11) is 1.52. The minimum atomic E-state index is -0.262. The van der Waals surface area contributed by atoms with Gasteiger partial charge in [0, 0.05) is 10.7 Å². The van der Waals surface area contributed by atoms with Crippen molar-refractivity contribution in [1.29, 1.82) is 0 Å². The summed E-state index contributed by atoms with van der Waals surface area (Å²) >= 11 is 5.88. The second-order valence-corrected chi connectivity index (χ2v) is 4.48. The van der Waals surface area contributed by atoms with E-state index in [-0.39, 0.29) is 5.91 Å². The van der Waals surface area contributed by atoms with Crippen molar-refractivity contribution in [2.45, 2.75) is 19.3 Å². The fraction of sp³-hybridized carbons (Fsp3) is 0.308. The molecule has 0 heterocycles. The molecule has 0 spiro atoms. The Bertz CT molecular complexity index is 486. The van der Waals surface area contributed by atoms with E-state index in [1.54, 1.807) is 18.2 Å². The molecular weight excluding hydrogens is 252 g/mol. The number of allylic oxidation sites excluding steroid dienone is 2. The highest BCUT2D eigenvalue weighted by atomic mass is 35.5. The maximum absolute atomic E-state index is 12.0. The lowest BCUT2D eigenvalue weighted by molar-refractivity contribution is 0.0935. The van der Waals surface area contributed by atoms with E-state index >= 15 is 0 Å². The van der Waals surface area contributed by atoms with Crippen LogP contribution in [0.3, 0.4) is 0 Å². The standard InChI is InChI=1S/C13H15ClN2O2/c1-18-12-7-6-9(14)8-11(12)13(17)16-15-10-4-2-3-5-10/h4,6-8,15H,2-3,5H2,1H3,(H,16,17). The molecule has 0 radical (unpaired) electrons. The van der Waals surface area contributed by atoms with E-state index in [4.69, 9.17) is 16.3 Å². The fourth-order valence-corrected chi connectivity index (χ4v) is 2.02. The minimum Gasteiger partial charge on any atom is -0.496 e. The molecule has 5 heteroatoms. The lowest BCUT2D eigenvalue weighted by Crippen LogP contribution is -2.36. The number of methoxy groups -OCH3 is 1. The number of halogens is 1. The van der Waals surface area contributed by atoms with Gasteiger partial charge in [-0.2, -0.15) is 0 Å². The quantitative estimate of drug-likeness (QED) is 0.824. The molecule has 0 saturated carbocycles. The van der Waals surface area contributed by atoms with Crippen LogP contribution in [0.2, 0.25) is 5.02 Å². The Morgan fingerprint density at radius 2 is 2.28 bits per heavy atom. The molecule has 0 bridgehead atoms. The van der Waals surface area contributed by atoms with Crippen molar-refractivity contribution >= 4 is 17.5 Å². The van der Waals surface area contributed by atoms with E-state index in [1.165, 1.54) is 7.11 Å². The second-order valence-electron chi connectivity index (χ2n) is 4.05. The molecule has 2 rings (SSSR count). The first-order valence-electron chi connectivity index (χ1n) is 5.79. The summed E-state index contributed by atoms with van der Waals surface area (Å²) in [5.74, 6) is 0.237. The first kappa shape index (κ1) is 12.8. The van der Waals surface area contributed by atoms with Crippen LogP contribution >= 0.6 is 11.6 Å². The van der Waals surface area contributed by atoms with Gasteiger partial charge < -0.3 is 10.2 Å². The normalized spacial score (nSPS) is 14.0. The Morgan fingerprint density at radius 1 is 1.44 bits per heavy atom. The fourth-order valence-electron chi connectivity index (χ4n) is 1.85. The summed E-state index contributed by atoms with van der Waals surface area (Å²) in [5, 5.41) is 0.501. The smallest absolute Gasteiger partial charge is 0.273 e. The zero-order valence-electron chi connectivity index (χ0n) is 10.1. The van der Waals surface area contributed by atoms with Gasteiger partial charge in [-0.05, 0) is 37.5 Å². The van der Waals surface area contributed by atoms with Crippen LogP contribution in [0.5, 0.6) is 5.75 Å². The molecule has 2 N–H and O–H groups in total. The van der Waals surface area contributed by atoms with Gasteiger partial charge in [-0.3, -0.25) is 10.2 Å². The molecular formula is C13H15ClN2O2. The molecule has 4 nitrogen and oxygen atoms in total. The number of hydrogen-bond donors (Lipinski definition) is 2. The van der Waals surface area contributed by atoms with E-state index in [1.807, 2.05) is 0 Å². The third-order valence-corrected chi connectivity index (χ3v) is 3.02.